The molecule has 0 saturated heterocycles. The highest BCUT2D eigenvalue weighted by molar-refractivity contribution is 5.31. The van der Waals surface area contributed by atoms with Crippen LogP contribution in [0.2, 0.25) is 0 Å². The monoisotopic (exact) mass is 252 g/mol. The van der Waals surface area contributed by atoms with Crippen molar-refractivity contribution in [1.29, 1.82) is 0 Å². The summed E-state index contributed by atoms with van der Waals surface area (Å²) >= 11 is 0. The molecule has 0 amide bonds. The van der Waals surface area contributed by atoms with Crippen LogP contribution in [0.4, 0.5) is 0 Å². The molecule has 102 valence electrons. The van der Waals surface area contributed by atoms with Crippen molar-refractivity contribution in [2.75, 3.05) is 14.2 Å². The molecule has 0 aliphatic heterocycles. The van der Waals surface area contributed by atoms with Gasteiger partial charge in [-0.05, 0) is 31.9 Å². The Balaban J connectivity index is 2.78. The number of hydrogen-bond donors (Lipinski definition) is 1. The maximum atomic E-state index is 10.5. The lowest BCUT2D eigenvalue weighted by Crippen LogP contribution is -2.34. The van der Waals surface area contributed by atoms with E-state index in [2.05, 4.69) is 32.0 Å². The molecular weight excluding hydrogens is 228 g/mol. The second-order valence-electron chi connectivity index (χ2n) is 5.21. The van der Waals surface area contributed by atoms with Crippen molar-refractivity contribution in [3.8, 4) is 0 Å². The third-order valence-corrected chi connectivity index (χ3v) is 3.21. The Morgan fingerprint density at radius 3 is 2.39 bits per heavy atom. The third-order valence-electron chi connectivity index (χ3n) is 3.21. The first-order valence-electron chi connectivity index (χ1n) is 6.22. The van der Waals surface area contributed by atoms with E-state index < -0.39 is 5.60 Å². The van der Waals surface area contributed by atoms with E-state index in [-0.39, 0.29) is 6.29 Å². The highest BCUT2D eigenvalue weighted by Crippen LogP contribution is 2.23. The topological polar surface area (TPSA) is 38.7 Å². The van der Waals surface area contributed by atoms with Crippen LogP contribution in [0.15, 0.2) is 18.2 Å². The van der Waals surface area contributed by atoms with Crippen molar-refractivity contribution in [2.24, 2.45) is 0 Å². The van der Waals surface area contributed by atoms with E-state index in [9.17, 15) is 5.11 Å². The molecule has 1 N–H and O–H groups in total. The fourth-order valence-corrected chi connectivity index (χ4v) is 2.10. The molecular formula is C15H24O3. The summed E-state index contributed by atoms with van der Waals surface area (Å²) in [6.45, 7) is 5.94. The molecule has 1 rings (SSSR count). The van der Waals surface area contributed by atoms with Crippen molar-refractivity contribution in [1.82, 2.24) is 0 Å². The Kier molecular flexibility index (Phi) is 5.32. The van der Waals surface area contributed by atoms with Gasteiger partial charge in [-0.2, -0.15) is 0 Å². The van der Waals surface area contributed by atoms with Crippen LogP contribution in [0.5, 0.6) is 0 Å². The van der Waals surface area contributed by atoms with Gasteiger partial charge in [-0.1, -0.05) is 23.8 Å². The van der Waals surface area contributed by atoms with Crippen LogP contribution in [-0.2, 0) is 15.9 Å². The summed E-state index contributed by atoms with van der Waals surface area (Å²) in [5, 5.41) is 10.5. The zero-order chi connectivity index (χ0) is 13.8. The van der Waals surface area contributed by atoms with Gasteiger partial charge in [0, 0.05) is 27.1 Å². The lowest BCUT2D eigenvalue weighted by molar-refractivity contribution is -0.139. The van der Waals surface area contributed by atoms with E-state index >= 15 is 0 Å². The lowest BCUT2D eigenvalue weighted by atomic mass is 9.90. The summed E-state index contributed by atoms with van der Waals surface area (Å²) in [7, 11) is 3.17. The predicted octanol–water partition coefficient (Wildman–Crippen LogP) is 2.61. The van der Waals surface area contributed by atoms with Crippen LogP contribution < -0.4 is 0 Å². The molecule has 0 bridgehead atoms. The standard InChI is InChI=1S/C15H24O3/c1-11-6-7-12(2)13(8-11)9-15(3,16)10-14(17-4)18-5/h6-8,14,16H,9-10H2,1-5H3. The molecule has 1 aromatic carbocycles. The average Bonchev–Trinajstić information content (AvgIpc) is 2.30. The number of hydrogen-bond acceptors (Lipinski definition) is 3. The van der Waals surface area contributed by atoms with Gasteiger partial charge in [0.15, 0.2) is 6.29 Å². The fourth-order valence-electron chi connectivity index (χ4n) is 2.10. The quantitative estimate of drug-likeness (QED) is 0.791. The van der Waals surface area contributed by atoms with E-state index in [0.717, 1.165) is 0 Å². The minimum absolute atomic E-state index is 0.370. The van der Waals surface area contributed by atoms with Crippen LogP contribution >= 0.6 is 0 Å². The van der Waals surface area contributed by atoms with Gasteiger partial charge < -0.3 is 14.6 Å². The van der Waals surface area contributed by atoms with Gasteiger partial charge >= 0.3 is 0 Å². The van der Waals surface area contributed by atoms with Gasteiger partial charge in [-0.25, -0.2) is 0 Å². The van der Waals surface area contributed by atoms with Crippen LogP contribution in [0.3, 0.4) is 0 Å². The normalized spacial score (nSPS) is 14.8. The fraction of sp³-hybridized carbons (Fsp3) is 0.600. The largest absolute Gasteiger partial charge is 0.390 e. The zero-order valence-electron chi connectivity index (χ0n) is 12.0. The Morgan fingerprint density at radius 2 is 1.83 bits per heavy atom. The van der Waals surface area contributed by atoms with Crippen LogP contribution in [0, 0.1) is 13.8 Å². The minimum Gasteiger partial charge on any atom is -0.390 e. The van der Waals surface area contributed by atoms with Crippen molar-refractivity contribution in [3.05, 3.63) is 34.9 Å². The molecule has 0 fully saturated rings. The summed E-state index contributed by atoms with van der Waals surface area (Å²) in [5.41, 5.74) is 2.74. The van der Waals surface area contributed by atoms with E-state index in [1.807, 2.05) is 6.92 Å². The molecule has 1 aromatic rings. The first kappa shape index (κ1) is 15.2. The molecule has 0 aromatic heterocycles. The highest BCUT2D eigenvalue weighted by atomic mass is 16.7. The maximum absolute atomic E-state index is 10.5. The van der Waals surface area contributed by atoms with E-state index in [0.29, 0.717) is 12.8 Å². The zero-order valence-corrected chi connectivity index (χ0v) is 12.0. The predicted molar refractivity (Wildman–Crippen MR) is 72.7 cm³/mol. The molecule has 0 spiro atoms. The molecule has 3 heteroatoms. The van der Waals surface area contributed by atoms with Gasteiger partial charge in [0.1, 0.15) is 0 Å². The smallest absolute Gasteiger partial charge is 0.159 e. The van der Waals surface area contributed by atoms with Gasteiger partial charge in [0.25, 0.3) is 0 Å². The Morgan fingerprint density at radius 1 is 1.22 bits per heavy atom. The summed E-state index contributed by atoms with van der Waals surface area (Å²) in [6, 6.07) is 6.30. The number of aryl methyl sites for hydroxylation is 2. The molecule has 1 unspecified atom stereocenters. The van der Waals surface area contributed by atoms with Crippen molar-refractivity contribution in [3.63, 3.8) is 0 Å². The molecule has 18 heavy (non-hydrogen) atoms. The average molecular weight is 252 g/mol. The second kappa shape index (κ2) is 6.32. The number of methoxy groups -OCH3 is 2. The molecule has 0 aliphatic rings. The number of benzene rings is 1. The summed E-state index contributed by atoms with van der Waals surface area (Å²) in [6.07, 6.45) is 0.682. The second-order valence-corrected chi connectivity index (χ2v) is 5.21. The molecule has 1 atom stereocenters. The number of ether oxygens (including phenoxy) is 2. The first-order chi connectivity index (χ1) is 8.38. The lowest BCUT2D eigenvalue weighted by Gasteiger charge is -2.28. The van der Waals surface area contributed by atoms with Gasteiger partial charge in [0.05, 0.1) is 5.60 Å². The Labute approximate surface area is 110 Å². The molecule has 0 aliphatic carbocycles. The Bertz CT molecular complexity index is 381. The highest BCUT2D eigenvalue weighted by Gasteiger charge is 2.26. The van der Waals surface area contributed by atoms with E-state index in [1.54, 1.807) is 14.2 Å². The molecule has 0 saturated carbocycles. The Hall–Kier alpha value is -0.900. The van der Waals surface area contributed by atoms with Gasteiger partial charge in [-0.15, -0.1) is 0 Å². The minimum atomic E-state index is -0.838. The summed E-state index contributed by atoms with van der Waals surface area (Å²) in [5.74, 6) is 0. The van der Waals surface area contributed by atoms with E-state index in [4.69, 9.17) is 9.47 Å². The SMILES string of the molecule is COC(CC(C)(O)Cc1cc(C)ccc1C)OC. The van der Waals surface area contributed by atoms with Crippen LogP contribution in [0.1, 0.15) is 30.0 Å². The van der Waals surface area contributed by atoms with Gasteiger partial charge in [0.2, 0.25) is 0 Å². The van der Waals surface area contributed by atoms with Crippen LogP contribution in [0.25, 0.3) is 0 Å². The number of aliphatic hydroxyl groups is 1. The van der Waals surface area contributed by atoms with E-state index in [1.165, 1.54) is 16.7 Å². The van der Waals surface area contributed by atoms with Gasteiger partial charge in [-0.3, -0.25) is 0 Å². The van der Waals surface area contributed by atoms with Crippen LogP contribution in [-0.4, -0.2) is 31.2 Å². The van der Waals surface area contributed by atoms with Crippen molar-refractivity contribution in [2.45, 2.75) is 45.5 Å². The van der Waals surface area contributed by atoms with Crippen molar-refractivity contribution < 1.29 is 14.6 Å². The number of rotatable bonds is 6. The third kappa shape index (κ3) is 4.41. The molecule has 0 radical (unpaired) electrons. The molecule has 0 heterocycles. The molecule has 3 nitrogen and oxygen atoms in total. The first-order valence-corrected chi connectivity index (χ1v) is 6.22. The van der Waals surface area contributed by atoms with Crippen molar-refractivity contribution >= 4 is 0 Å². The summed E-state index contributed by atoms with van der Waals surface area (Å²) < 4.78 is 10.3. The maximum Gasteiger partial charge on any atom is 0.159 e. The summed E-state index contributed by atoms with van der Waals surface area (Å²) in [4.78, 5) is 0.